The second-order valence-corrected chi connectivity index (χ2v) is 14.5. The fraction of sp³-hybridized carbons (Fsp3) is 0.356. The molecule has 0 radical (unpaired) electrons. The lowest BCUT2D eigenvalue weighted by Crippen LogP contribution is -2.31. The summed E-state index contributed by atoms with van der Waals surface area (Å²) in [5.41, 5.74) is 9.97. The number of anilines is 1. The van der Waals surface area contributed by atoms with Crippen LogP contribution in [0.1, 0.15) is 77.8 Å². The molecule has 240 valence electrons. The van der Waals surface area contributed by atoms with E-state index in [0.717, 1.165) is 38.8 Å². The molecule has 3 aromatic carbocycles. The maximum absolute atomic E-state index is 2.69. The molecule has 2 aliphatic carbocycles. The third-order valence-corrected chi connectivity index (χ3v) is 11.7. The normalized spacial score (nSPS) is 21.6. The summed E-state index contributed by atoms with van der Waals surface area (Å²) in [6.45, 7) is 13.9. The fourth-order valence-electron chi connectivity index (χ4n) is 8.93. The van der Waals surface area contributed by atoms with Gasteiger partial charge in [-0.15, -0.1) is 0 Å². The Morgan fingerprint density at radius 3 is 2.38 bits per heavy atom. The van der Waals surface area contributed by atoms with Crippen molar-refractivity contribution < 1.29 is 4.58 Å². The molecule has 2 nitrogen and oxygen atoms in total. The number of allylic oxidation sites excluding steroid dienone is 12. The van der Waals surface area contributed by atoms with E-state index in [0.29, 0.717) is 11.8 Å². The number of fused-ring (bicyclic) bond motifs is 4. The third kappa shape index (κ3) is 5.40. The van der Waals surface area contributed by atoms with Gasteiger partial charge < -0.3 is 4.90 Å². The monoisotopic (exact) mass is 619 g/mol. The molecule has 0 aromatic heterocycles. The summed E-state index contributed by atoms with van der Waals surface area (Å²) in [4.78, 5) is 2.69. The number of nitrogens with zero attached hydrogens (tertiary/aromatic N) is 2. The van der Waals surface area contributed by atoms with Gasteiger partial charge >= 0.3 is 0 Å². The summed E-state index contributed by atoms with van der Waals surface area (Å²) >= 11 is 0. The molecular weight excluding hydrogens is 569 g/mol. The van der Waals surface area contributed by atoms with Crippen molar-refractivity contribution in [2.45, 2.75) is 77.6 Å². The highest BCUT2D eigenvalue weighted by atomic mass is 15.2. The zero-order valence-corrected chi connectivity index (χ0v) is 29.0. The van der Waals surface area contributed by atoms with Crippen molar-refractivity contribution in [2.24, 2.45) is 11.8 Å². The lowest BCUT2D eigenvalue weighted by molar-refractivity contribution is -0.438. The number of para-hydroxylation sites is 1. The molecule has 0 N–H and O–H groups in total. The van der Waals surface area contributed by atoms with Gasteiger partial charge in [-0.25, -0.2) is 0 Å². The predicted octanol–water partition coefficient (Wildman–Crippen LogP) is 11.3. The molecule has 0 spiro atoms. The van der Waals surface area contributed by atoms with E-state index in [2.05, 4.69) is 166 Å². The van der Waals surface area contributed by atoms with Crippen LogP contribution in [0.2, 0.25) is 0 Å². The summed E-state index contributed by atoms with van der Waals surface area (Å²) < 4.78 is 2.59. The minimum absolute atomic E-state index is 0.0245. The highest BCUT2D eigenvalue weighted by molar-refractivity contribution is 6.03. The fourth-order valence-corrected chi connectivity index (χ4v) is 8.93. The van der Waals surface area contributed by atoms with Crippen molar-refractivity contribution in [1.82, 2.24) is 0 Å². The van der Waals surface area contributed by atoms with Crippen LogP contribution in [-0.4, -0.2) is 23.4 Å². The van der Waals surface area contributed by atoms with E-state index in [-0.39, 0.29) is 10.8 Å². The van der Waals surface area contributed by atoms with Crippen molar-refractivity contribution in [1.29, 1.82) is 0 Å². The summed E-state index contributed by atoms with van der Waals surface area (Å²) in [7, 11) is 0. The van der Waals surface area contributed by atoms with Crippen molar-refractivity contribution >= 4 is 27.9 Å². The van der Waals surface area contributed by atoms with Crippen LogP contribution in [0.25, 0.3) is 10.8 Å². The zero-order valence-electron chi connectivity index (χ0n) is 29.0. The van der Waals surface area contributed by atoms with Crippen molar-refractivity contribution in [3.8, 4) is 0 Å². The van der Waals surface area contributed by atoms with Crippen LogP contribution >= 0.6 is 0 Å². The highest BCUT2D eigenvalue weighted by Crippen LogP contribution is 2.54. The Morgan fingerprint density at radius 2 is 1.62 bits per heavy atom. The second kappa shape index (κ2) is 12.8. The largest absolute Gasteiger partial charge is 0.344 e. The average molecular weight is 620 g/mol. The molecular formula is C45H51N2+. The van der Waals surface area contributed by atoms with Gasteiger partial charge in [-0.2, -0.15) is 4.58 Å². The molecule has 47 heavy (non-hydrogen) atoms. The van der Waals surface area contributed by atoms with Gasteiger partial charge in [0.05, 0.1) is 5.41 Å². The molecule has 7 rings (SSSR count). The van der Waals surface area contributed by atoms with Crippen LogP contribution in [-0.2, 0) is 10.8 Å². The molecule has 2 heterocycles. The molecule has 2 heteroatoms. The Hall–Kier alpha value is -4.17. The topological polar surface area (TPSA) is 6.25 Å². The molecule has 1 atom stereocenters. The number of hydrogen-bond acceptors (Lipinski definition) is 1. The van der Waals surface area contributed by atoms with Gasteiger partial charge in [-0.1, -0.05) is 117 Å². The molecule has 3 aromatic rings. The number of hydrogen-bond donors (Lipinski definition) is 0. The van der Waals surface area contributed by atoms with E-state index in [1.165, 1.54) is 56.7 Å². The summed E-state index contributed by atoms with van der Waals surface area (Å²) in [5, 5.41) is 2.75. The Morgan fingerprint density at radius 1 is 0.851 bits per heavy atom. The van der Waals surface area contributed by atoms with E-state index < -0.39 is 0 Å². The minimum atomic E-state index is -0.0612. The third-order valence-electron chi connectivity index (χ3n) is 11.7. The molecule has 4 aliphatic rings. The van der Waals surface area contributed by atoms with Crippen LogP contribution in [0.3, 0.4) is 0 Å². The van der Waals surface area contributed by atoms with Crippen LogP contribution in [0.15, 0.2) is 133 Å². The molecule has 0 saturated heterocycles. The minimum Gasteiger partial charge on any atom is -0.344 e. The molecule has 1 unspecified atom stereocenters. The lowest BCUT2D eigenvalue weighted by atomic mass is 9.73. The number of rotatable bonds is 11. The summed E-state index contributed by atoms with van der Waals surface area (Å²) in [6, 6.07) is 22.8. The van der Waals surface area contributed by atoms with Crippen LogP contribution in [0, 0.1) is 11.8 Å². The first-order valence-electron chi connectivity index (χ1n) is 18.0. The van der Waals surface area contributed by atoms with Crippen molar-refractivity contribution in [3.63, 3.8) is 0 Å². The van der Waals surface area contributed by atoms with E-state index in [1.807, 2.05) is 0 Å². The maximum atomic E-state index is 2.69. The van der Waals surface area contributed by atoms with Crippen LogP contribution in [0.5, 0.6) is 0 Å². The highest BCUT2D eigenvalue weighted by Gasteiger charge is 2.46. The summed E-state index contributed by atoms with van der Waals surface area (Å²) in [5.74, 6) is 1.10. The van der Waals surface area contributed by atoms with Gasteiger partial charge in [0.1, 0.15) is 6.54 Å². The van der Waals surface area contributed by atoms with Crippen LogP contribution in [0.4, 0.5) is 11.4 Å². The van der Waals surface area contributed by atoms with Gasteiger partial charge in [0.25, 0.3) is 0 Å². The Labute approximate surface area is 282 Å². The SMILES string of the molecule is CCC1(CC)/C(=C\C=C\C2=[N+](CCC3C=CC=C3)c3ccccc3C2(C)C)N(CCCC2C=CC=C2C)c2ccc3ccccc3c21. The van der Waals surface area contributed by atoms with E-state index in [4.69, 9.17) is 0 Å². The maximum Gasteiger partial charge on any atom is 0.209 e. The molecule has 2 aliphatic heterocycles. The number of benzene rings is 3. The molecule has 0 fully saturated rings. The quantitative estimate of drug-likeness (QED) is 0.194. The first kappa shape index (κ1) is 31.4. The Balaban J connectivity index is 1.29. The predicted molar refractivity (Wildman–Crippen MR) is 202 cm³/mol. The average Bonchev–Trinajstić information content (AvgIpc) is 3.86. The van der Waals surface area contributed by atoms with Crippen molar-refractivity contribution in [2.75, 3.05) is 18.0 Å². The molecule has 0 bridgehead atoms. The van der Waals surface area contributed by atoms with E-state index in [9.17, 15) is 0 Å². The first-order chi connectivity index (χ1) is 22.9. The van der Waals surface area contributed by atoms with Gasteiger partial charge in [-0.3, -0.25) is 0 Å². The van der Waals surface area contributed by atoms with Crippen LogP contribution < -0.4 is 4.90 Å². The van der Waals surface area contributed by atoms with Gasteiger partial charge in [0, 0.05) is 53.4 Å². The smallest absolute Gasteiger partial charge is 0.209 e. The van der Waals surface area contributed by atoms with Gasteiger partial charge in [0.2, 0.25) is 5.69 Å². The second-order valence-electron chi connectivity index (χ2n) is 14.5. The lowest BCUT2D eigenvalue weighted by Gasteiger charge is -2.32. The van der Waals surface area contributed by atoms with Gasteiger partial charge in [0.15, 0.2) is 5.71 Å². The molecule has 0 amide bonds. The molecule has 0 saturated carbocycles. The van der Waals surface area contributed by atoms with Crippen molar-refractivity contribution in [3.05, 3.63) is 144 Å². The Kier molecular flexibility index (Phi) is 8.56. The first-order valence-corrected chi connectivity index (χ1v) is 18.0. The Bertz CT molecular complexity index is 1870. The van der Waals surface area contributed by atoms with Gasteiger partial charge in [-0.05, 0) is 80.9 Å². The summed E-state index contributed by atoms with van der Waals surface area (Å²) in [6.07, 6.45) is 28.9. The van der Waals surface area contributed by atoms with E-state index in [1.54, 1.807) is 0 Å². The zero-order chi connectivity index (χ0) is 32.6. The van der Waals surface area contributed by atoms with E-state index >= 15 is 0 Å². The standard InChI is InChI=1S/C45H51N2/c1-6-45(7-2)42(27-15-26-41-44(4,5)38-24-12-13-25-39(38)47(41)32-30-34-18-8-9-19-34)46(31-16-22-35-21-14-17-33(35)3)40-29-28-36-20-10-11-23-37(36)43(40)45/h8-15,17-21,23-29,34-35H,6-7,16,22,30-32H2,1-5H3/q+1.